The smallest absolute Gasteiger partial charge is 0.254 e. The second-order valence-electron chi connectivity index (χ2n) is 4.86. The van der Waals surface area contributed by atoms with E-state index in [-0.39, 0.29) is 22.9 Å². The summed E-state index contributed by atoms with van der Waals surface area (Å²) in [4.78, 5) is 12.0. The lowest BCUT2D eigenvalue weighted by Gasteiger charge is -2.27. The summed E-state index contributed by atoms with van der Waals surface area (Å²) in [6.07, 6.45) is 3.93. The molecule has 1 aliphatic rings. The van der Waals surface area contributed by atoms with E-state index in [2.05, 4.69) is 5.32 Å². The Morgan fingerprint density at radius 3 is 2.78 bits per heavy atom. The molecule has 0 aliphatic heterocycles. The molecular weight excluding hydrogens is 253 g/mol. The van der Waals surface area contributed by atoms with Crippen molar-refractivity contribution in [2.75, 3.05) is 0 Å². The SMILES string of the molecule is Cc1ccc(C(=O)NC2CCCCC2Cl)c(F)c1. The average molecular weight is 270 g/mol. The van der Waals surface area contributed by atoms with Crippen molar-refractivity contribution < 1.29 is 9.18 Å². The van der Waals surface area contributed by atoms with Crippen LogP contribution in [-0.4, -0.2) is 17.3 Å². The second-order valence-corrected chi connectivity index (χ2v) is 5.42. The molecule has 0 radical (unpaired) electrons. The summed E-state index contributed by atoms with van der Waals surface area (Å²) in [5.41, 5.74) is 0.895. The third kappa shape index (κ3) is 3.02. The maximum Gasteiger partial charge on any atom is 0.254 e. The van der Waals surface area contributed by atoms with Crippen LogP contribution >= 0.6 is 11.6 Å². The number of carbonyl (C=O) groups is 1. The van der Waals surface area contributed by atoms with Crippen LogP contribution in [-0.2, 0) is 0 Å². The Hall–Kier alpha value is -1.09. The number of amides is 1. The van der Waals surface area contributed by atoms with Crippen molar-refractivity contribution in [3.63, 3.8) is 0 Å². The molecule has 1 aromatic rings. The van der Waals surface area contributed by atoms with E-state index in [1.54, 1.807) is 13.0 Å². The van der Waals surface area contributed by atoms with Crippen LogP contribution in [0.3, 0.4) is 0 Å². The molecule has 98 valence electrons. The van der Waals surface area contributed by atoms with Gasteiger partial charge in [0.1, 0.15) is 5.82 Å². The van der Waals surface area contributed by atoms with Crippen LogP contribution in [0.5, 0.6) is 0 Å². The molecule has 1 aromatic carbocycles. The minimum Gasteiger partial charge on any atom is -0.348 e. The van der Waals surface area contributed by atoms with Crippen molar-refractivity contribution in [1.82, 2.24) is 5.32 Å². The van der Waals surface area contributed by atoms with Gasteiger partial charge in [0, 0.05) is 6.04 Å². The van der Waals surface area contributed by atoms with Gasteiger partial charge in [0.2, 0.25) is 0 Å². The zero-order valence-electron chi connectivity index (χ0n) is 10.4. The van der Waals surface area contributed by atoms with Gasteiger partial charge in [0.25, 0.3) is 5.91 Å². The summed E-state index contributed by atoms with van der Waals surface area (Å²) in [5.74, 6) is -0.848. The molecule has 0 heterocycles. The summed E-state index contributed by atoms with van der Waals surface area (Å²) >= 11 is 6.17. The molecule has 1 N–H and O–H groups in total. The quantitative estimate of drug-likeness (QED) is 0.819. The lowest BCUT2D eigenvalue weighted by Crippen LogP contribution is -2.43. The fraction of sp³-hybridized carbons (Fsp3) is 0.500. The molecule has 1 amide bonds. The van der Waals surface area contributed by atoms with Crippen LogP contribution in [0.1, 0.15) is 41.6 Å². The van der Waals surface area contributed by atoms with Crippen LogP contribution in [0.4, 0.5) is 4.39 Å². The number of carbonyl (C=O) groups excluding carboxylic acids is 1. The number of alkyl halides is 1. The standard InChI is InChI=1S/C14H17ClFNO/c1-9-6-7-10(12(16)8-9)14(18)17-13-5-3-2-4-11(13)15/h6-8,11,13H,2-5H2,1H3,(H,17,18). The van der Waals surface area contributed by atoms with E-state index in [1.807, 2.05) is 0 Å². The van der Waals surface area contributed by atoms with Crippen molar-refractivity contribution in [3.8, 4) is 0 Å². The topological polar surface area (TPSA) is 29.1 Å². The Morgan fingerprint density at radius 2 is 2.11 bits per heavy atom. The number of halogens is 2. The summed E-state index contributed by atoms with van der Waals surface area (Å²) in [6, 6.07) is 4.57. The highest BCUT2D eigenvalue weighted by Gasteiger charge is 2.25. The predicted molar refractivity (Wildman–Crippen MR) is 70.5 cm³/mol. The monoisotopic (exact) mass is 269 g/mol. The minimum atomic E-state index is -0.477. The largest absolute Gasteiger partial charge is 0.348 e. The highest BCUT2D eigenvalue weighted by atomic mass is 35.5. The highest BCUT2D eigenvalue weighted by molar-refractivity contribution is 6.21. The van der Waals surface area contributed by atoms with Crippen molar-refractivity contribution in [2.24, 2.45) is 0 Å². The first-order chi connectivity index (χ1) is 8.58. The number of hydrogen-bond acceptors (Lipinski definition) is 1. The normalized spacial score (nSPS) is 23.7. The number of rotatable bonds is 2. The second kappa shape index (κ2) is 5.70. The predicted octanol–water partition coefficient (Wildman–Crippen LogP) is 3.41. The molecule has 2 rings (SSSR count). The van der Waals surface area contributed by atoms with Crippen molar-refractivity contribution in [3.05, 3.63) is 35.1 Å². The van der Waals surface area contributed by atoms with Gasteiger partial charge in [0.15, 0.2) is 0 Å². The molecule has 0 aromatic heterocycles. The summed E-state index contributed by atoms with van der Waals surface area (Å²) in [5, 5.41) is 2.79. The summed E-state index contributed by atoms with van der Waals surface area (Å²) in [6.45, 7) is 1.79. The number of hydrogen-bond donors (Lipinski definition) is 1. The van der Waals surface area contributed by atoms with Crippen LogP contribution < -0.4 is 5.32 Å². The Bertz CT molecular complexity index is 449. The lowest BCUT2D eigenvalue weighted by atomic mass is 9.94. The van der Waals surface area contributed by atoms with Gasteiger partial charge >= 0.3 is 0 Å². The first-order valence-corrected chi connectivity index (χ1v) is 6.72. The molecule has 4 heteroatoms. The fourth-order valence-electron chi connectivity index (χ4n) is 2.30. The Kier molecular flexibility index (Phi) is 4.23. The first kappa shape index (κ1) is 13.3. The van der Waals surface area contributed by atoms with Gasteiger partial charge in [-0.3, -0.25) is 4.79 Å². The minimum absolute atomic E-state index is 0.0452. The maximum atomic E-state index is 13.7. The molecule has 18 heavy (non-hydrogen) atoms. The summed E-state index contributed by atoms with van der Waals surface area (Å²) in [7, 11) is 0. The third-order valence-corrected chi connectivity index (χ3v) is 3.89. The molecule has 2 atom stereocenters. The molecule has 2 nitrogen and oxygen atoms in total. The third-order valence-electron chi connectivity index (χ3n) is 3.37. The van der Waals surface area contributed by atoms with Gasteiger partial charge in [-0.05, 0) is 37.5 Å². The van der Waals surface area contributed by atoms with Gasteiger partial charge in [0.05, 0.1) is 10.9 Å². The van der Waals surface area contributed by atoms with E-state index in [1.165, 1.54) is 12.1 Å². The van der Waals surface area contributed by atoms with E-state index < -0.39 is 5.82 Å². The molecular formula is C14H17ClFNO. The van der Waals surface area contributed by atoms with Gasteiger partial charge in [-0.2, -0.15) is 0 Å². The number of benzene rings is 1. The fourth-order valence-corrected chi connectivity index (χ4v) is 2.64. The van der Waals surface area contributed by atoms with E-state index in [0.29, 0.717) is 0 Å². The zero-order chi connectivity index (χ0) is 13.1. The van der Waals surface area contributed by atoms with E-state index in [9.17, 15) is 9.18 Å². The molecule has 1 saturated carbocycles. The van der Waals surface area contributed by atoms with Crippen LogP contribution in [0.15, 0.2) is 18.2 Å². The number of aryl methyl sites for hydroxylation is 1. The van der Waals surface area contributed by atoms with Crippen LogP contribution in [0, 0.1) is 12.7 Å². The Morgan fingerprint density at radius 1 is 1.39 bits per heavy atom. The van der Waals surface area contributed by atoms with Crippen molar-refractivity contribution in [1.29, 1.82) is 0 Å². The maximum absolute atomic E-state index is 13.7. The van der Waals surface area contributed by atoms with Gasteiger partial charge < -0.3 is 5.32 Å². The van der Waals surface area contributed by atoms with Gasteiger partial charge in [-0.1, -0.05) is 18.9 Å². The Labute approximate surface area is 112 Å². The molecule has 1 fully saturated rings. The number of nitrogens with one attached hydrogen (secondary N) is 1. The van der Waals surface area contributed by atoms with Crippen molar-refractivity contribution >= 4 is 17.5 Å². The first-order valence-electron chi connectivity index (χ1n) is 6.29. The molecule has 0 bridgehead atoms. The van der Waals surface area contributed by atoms with Crippen molar-refractivity contribution in [2.45, 2.75) is 44.0 Å². The molecule has 0 saturated heterocycles. The van der Waals surface area contributed by atoms with Crippen LogP contribution in [0.2, 0.25) is 0 Å². The lowest BCUT2D eigenvalue weighted by molar-refractivity contribution is 0.0924. The summed E-state index contributed by atoms with van der Waals surface area (Å²) < 4.78 is 13.7. The molecule has 2 unspecified atom stereocenters. The average Bonchev–Trinajstić information content (AvgIpc) is 2.32. The van der Waals surface area contributed by atoms with E-state index in [0.717, 1.165) is 31.2 Å². The van der Waals surface area contributed by atoms with E-state index >= 15 is 0 Å². The Balaban J connectivity index is 2.07. The highest BCUT2D eigenvalue weighted by Crippen LogP contribution is 2.23. The molecule has 0 spiro atoms. The van der Waals surface area contributed by atoms with Crippen LogP contribution in [0.25, 0.3) is 0 Å². The molecule has 1 aliphatic carbocycles. The van der Waals surface area contributed by atoms with Gasteiger partial charge in [-0.15, -0.1) is 11.6 Å². The zero-order valence-corrected chi connectivity index (χ0v) is 11.1. The van der Waals surface area contributed by atoms with E-state index in [4.69, 9.17) is 11.6 Å². The van der Waals surface area contributed by atoms with Gasteiger partial charge in [-0.25, -0.2) is 4.39 Å².